The molecule has 3 rings (SSSR count). The van der Waals surface area contributed by atoms with Crippen LogP contribution >= 0.6 is 0 Å². The highest BCUT2D eigenvalue weighted by molar-refractivity contribution is 5.95. The van der Waals surface area contributed by atoms with Gasteiger partial charge in [-0.3, -0.25) is 4.79 Å². The first-order valence-electron chi connectivity index (χ1n) is 8.65. The molecule has 0 atom stereocenters. The summed E-state index contributed by atoms with van der Waals surface area (Å²) in [5, 5.41) is 11.8. The van der Waals surface area contributed by atoms with Gasteiger partial charge in [0.15, 0.2) is 5.76 Å². The minimum atomic E-state index is -1.32. The molecule has 0 saturated heterocycles. The Balaban J connectivity index is 1.64. The second kappa shape index (κ2) is 9.01. The van der Waals surface area contributed by atoms with Gasteiger partial charge in [-0.05, 0) is 11.6 Å². The number of nitrogens with one attached hydrogen (secondary N) is 1. The molecule has 1 aliphatic rings. The fraction of sp³-hybridized carbons (Fsp3) is 0.143. The summed E-state index contributed by atoms with van der Waals surface area (Å²) in [6, 6.07) is 12.1. The van der Waals surface area contributed by atoms with Crippen LogP contribution < -0.4 is 5.32 Å². The monoisotopic (exact) mass is 401 g/mol. The van der Waals surface area contributed by atoms with E-state index in [1.807, 2.05) is 30.3 Å². The lowest BCUT2D eigenvalue weighted by molar-refractivity contribution is -0.136. The normalized spacial score (nSPS) is 13.4. The van der Waals surface area contributed by atoms with Crippen molar-refractivity contribution in [3.63, 3.8) is 0 Å². The van der Waals surface area contributed by atoms with E-state index < -0.39 is 29.3 Å². The van der Waals surface area contributed by atoms with Gasteiger partial charge in [0.1, 0.15) is 24.5 Å². The number of carboxylic acid groups (broad SMARTS) is 1. The van der Waals surface area contributed by atoms with Gasteiger partial charge in [0.25, 0.3) is 5.91 Å². The van der Waals surface area contributed by atoms with E-state index in [9.17, 15) is 23.5 Å². The Morgan fingerprint density at radius 2 is 1.90 bits per heavy atom. The molecule has 1 amide bonds. The number of benzene rings is 2. The Bertz CT molecular complexity index is 986. The van der Waals surface area contributed by atoms with E-state index in [4.69, 9.17) is 9.47 Å². The van der Waals surface area contributed by atoms with Crippen LogP contribution in [0.3, 0.4) is 0 Å². The fourth-order valence-electron chi connectivity index (χ4n) is 2.61. The molecule has 2 aromatic rings. The lowest BCUT2D eigenvalue weighted by Gasteiger charge is -2.19. The summed E-state index contributed by atoms with van der Waals surface area (Å²) in [5.41, 5.74) is 1.04. The minimum Gasteiger partial charge on any atom is -0.489 e. The lowest BCUT2D eigenvalue weighted by Crippen LogP contribution is -2.27. The maximum absolute atomic E-state index is 13.7. The van der Waals surface area contributed by atoms with Crippen LogP contribution in [0.4, 0.5) is 8.78 Å². The first kappa shape index (κ1) is 20.1. The molecular weight excluding hydrogens is 384 g/mol. The molecule has 150 valence electrons. The number of rotatable bonds is 7. The summed E-state index contributed by atoms with van der Waals surface area (Å²) in [6.45, 7) is -0.0655. The zero-order chi connectivity index (χ0) is 20.8. The quantitative estimate of drug-likeness (QED) is 0.743. The largest absolute Gasteiger partial charge is 0.489 e. The molecule has 2 N–H and O–H groups in total. The molecule has 8 heteroatoms. The van der Waals surface area contributed by atoms with Gasteiger partial charge in [-0.25, -0.2) is 13.6 Å². The van der Waals surface area contributed by atoms with Crippen molar-refractivity contribution in [3.05, 3.63) is 94.6 Å². The first-order chi connectivity index (χ1) is 13.9. The zero-order valence-corrected chi connectivity index (χ0v) is 15.2. The highest BCUT2D eigenvalue weighted by Gasteiger charge is 2.26. The summed E-state index contributed by atoms with van der Waals surface area (Å²) >= 11 is 0. The third kappa shape index (κ3) is 5.19. The molecule has 0 aromatic heterocycles. The topological polar surface area (TPSA) is 84.9 Å². The minimum absolute atomic E-state index is 0.00182. The van der Waals surface area contributed by atoms with Crippen molar-refractivity contribution >= 4 is 11.9 Å². The second-order valence-electron chi connectivity index (χ2n) is 6.19. The molecule has 0 bridgehead atoms. The van der Waals surface area contributed by atoms with Gasteiger partial charge in [-0.15, -0.1) is 0 Å². The Hall–Kier alpha value is -3.68. The predicted molar refractivity (Wildman–Crippen MR) is 97.9 cm³/mol. The zero-order valence-electron chi connectivity index (χ0n) is 15.2. The maximum atomic E-state index is 13.7. The molecule has 0 saturated carbocycles. The van der Waals surface area contributed by atoms with Crippen LogP contribution in [0.1, 0.15) is 17.5 Å². The van der Waals surface area contributed by atoms with Crippen LogP contribution in [0.5, 0.6) is 0 Å². The number of hydrogen-bond acceptors (Lipinski definition) is 4. The molecule has 1 aliphatic heterocycles. The molecule has 0 radical (unpaired) electrons. The van der Waals surface area contributed by atoms with Gasteiger partial charge < -0.3 is 19.9 Å². The number of carbonyl (C=O) groups excluding carboxylic acids is 1. The van der Waals surface area contributed by atoms with Crippen molar-refractivity contribution in [2.75, 3.05) is 0 Å². The van der Waals surface area contributed by atoms with Crippen LogP contribution in [0.15, 0.2) is 71.9 Å². The van der Waals surface area contributed by atoms with Crippen LogP contribution in [0, 0.1) is 11.6 Å². The molecular formula is C21H17F2NO5. The van der Waals surface area contributed by atoms with Gasteiger partial charge in [-0.1, -0.05) is 36.4 Å². The maximum Gasteiger partial charge on any atom is 0.375 e. The van der Waals surface area contributed by atoms with Crippen LogP contribution in [-0.4, -0.2) is 17.0 Å². The molecule has 0 spiro atoms. The van der Waals surface area contributed by atoms with E-state index in [1.165, 1.54) is 6.07 Å². The Labute approximate surface area is 165 Å². The van der Waals surface area contributed by atoms with Crippen molar-refractivity contribution in [1.29, 1.82) is 0 Å². The molecule has 1 heterocycles. The van der Waals surface area contributed by atoms with Gasteiger partial charge >= 0.3 is 5.97 Å². The van der Waals surface area contributed by atoms with Gasteiger partial charge in [0.2, 0.25) is 5.76 Å². The molecule has 29 heavy (non-hydrogen) atoms. The second-order valence-corrected chi connectivity index (χ2v) is 6.19. The highest BCUT2D eigenvalue weighted by Crippen LogP contribution is 2.25. The number of ether oxygens (including phenoxy) is 2. The third-order valence-corrected chi connectivity index (χ3v) is 4.12. The average molecular weight is 401 g/mol. The predicted octanol–water partition coefficient (Wildman–Crippen LogP) is 3.40. The lowest BCUT2D eigenvalue weighted by atomic mass is 10.1. The summed E-state index contributed by atoms with van der Waals surface area (Å²) < 4.78 is 37.3. The summed E-state index contributed by atoms with van der Waals surface area (Å²) in [7, 11) is 0. The molecule has 0 unspecified atom stereocenters. The molecule has 0 aliphatic carbocycles. The Morgan fingerprint density at radius 1 is 1.14 bits per heavy atom. The van der Waals surface area contributed by atoms with Crippen LogP contribution in [0.25, 0.3) is 0 Å². The molecule has 0 fully saturated rings. The van der Waals surface area contributed by atoms with E-state index in [2.05, 4.69) is 5.32 Å². The van der Waals surface area contributed by atoms with E-state index in [1.54, 1.807) is 0 Å². The Kier molecular flexibility index (Phi) is 6.23. The van der Waals surface area contributed by atoms with Gasteiger partial charge in [0.05, 0.1) is 5.57 Å². The summed E-state index contributed by atoms with van der Waals surface area (Å²) in [5.74, 6) is -3.80. The fourth-order valence-corrected chi connectivity index (χ4v) is 2.61. The van der Waals surface area contributed by atoms with Crippen molar-refractivity contribution < 1.29 is 33.0 Å². The van der Waals surface area contributed by atoms with E-state index in [-0.39, 0.29) is 36.5 Å². The number of hydrogen-bond donors (Lipinski definition) is 2. The summed E-state index contributed by atoms with van der Waals surface area (Å²) in [4.78, 5) is 23.7. The van der Waals surface area contributed by atoms with Crippen LogP contribution in [-0.2, 0) is 32.2 Å². The van der Waals surface area contributed by atoms with Crippen molar-refractivity contribution in [1.82, 2.24) is 5.32 Å². The van der Waals surface area contributed by atoms with E-state index >= 15 is 0 Å². The SMILES string of the molecule is O=C(O)C1=C(OCc2ccccc2)CC(C(=O)NCc2ccc(F)cc2F)=CO1. The Morgan fingerprint density at radius 3 is 2.59 bits per heavy atom. The standard InChI is InChI=1S/C21H17F2NO5/c22-16-7-6-14(17(23)9-16)10-24-20(25)15-8-18(19(21(26)27)29-12-15)28-11-13-4-2-1-3-5-13/h1-7,9,12H,8,10-11H2,(H,24,25)(H,26,27). The number of amides is 1. The van der Waals surface area contributed by atoms with Crippen LogP contribution in [0.2, 0.25) is 0 Å². The van der Waals surface area contributed by atoms with Crippen molar-refractivity contribution in [2.45, 2.75) is 19.6 Å². The molecule has 2 aromatic carbocycles. The van der Waals surface area contributed by atoms with Gasteiger partial charge in [-0.2, -0.15) is 0 Å². The van der Waals surface area contributed by atoms with Crippen molar-refractivity contribution in [3.8, 4) is 0 Å². The first-order valence-corrected chi connectivity index (χ1v) is 8.65. The number of halogens is 2. The number of allylic oxidation sites excluding steroid dienone is 1. The highest BCUT2D eigenvalue weighted by atomic mass is 19.1. The average Bonchev–Trinajstić information content (AvgIpc) is 2.72. The number of aliphatic carboxylic acids is 1. The number of carboxylic acids is 1. The number of carbonyl (C=O) groups is 2. The van der Waals surface area contributed by atoms with E-state index in [0.717, 1.165) is 24.0 Å². The summed E-state index contributed by atoms with van der Waals surface area (Å²) in [6.07, 6.45) is 0.918. The third-order valence-electron chi connectivity index (χ3n) is 4.12. The van der Waals surface area contributed by atoms with Crippen molar-refractivity contribution in [2.24, 2.45) is 0 Å². The molecule has 6 nitrogen and oxygen atoms in total. The smallest absolute Gasteiger partial charge is 0.375 e. The van der Waals surface area contributed by atoms with Gasteiger partial charge in [0, 0.05) is 24.6 Å². The van der Waals surface area contributed by atoms with E-state index in [0.29, 0.717) is 0 Å².